The first-order chi connectivity index (χ1) is 4.86. The summed E-state index contributed by atoms with van der Waals surface area (Å²) < 4.78 is 0. The molecule has 2 aromatic rings. The maximum absolute atomic E-state index is 10.6. The van der Waals surface area contributed by atoms with Crippen LogP contribution in [0.1, 0.15) is 0 Å². The Labute approximate surface area is 55.1 Å². The molecule has 0 aromatic carbocycles. The van der Waals surface area contributed by atoms with Crippen molar-refractivity contribution in [1.29, 1.82) is 0 Å². The molecule has 0 unspecified atom stereocenters. The molecule has 0 saturated heterocycles. The fourth-order valence-corrected chi connectivity index (χ4v) is 0.732. The van der Waals surface area contributed by atoms with Gasteiger partial charge >= 0.3 is 5.69 Å². The Morgan fingerprint density at radius 2 is 2.40 bits per heavy atom. The molecule has 5 nitrogen and oxygen atoms in total. The number of aromatic nitrogens is 4. The minimum absolute atomic E-state index is 0.285. The highest BCUT2D eigenvalue weighted by Gasteiger charge is 1.95. The standard InChI is InChI=1S/C5H3N4O/c10-5-8-3-1-6-2-7-4(3)9-5/h2H,(H2,6,7,8,9,10). The first-order valence-electron chi connectivity index (χ1n) is 2.67. The molecule has 0 aliphatic carbocycles. The number of imidazole rings is 1. The van der Waals surface area contributed by atoms with Crippen LogP contribution in [-0.4, -0.2) is 19.9 Å². The van der Waals surface area contributed by atoms with Gasteiger partial charge in [0.1, 0.15) is 18.0 Å². The Balaban J connectivity index is 3.01. The molecule has 1 radical (unpaired) electrons. The number of hydrogen-bond acceptors (Lipinski definition) is 3. The van der Waals surface area contributed by atoms with E-state index in [1.54, 1.807) is 0 Å². The van der Waals surface area contributed by atoms with Gasteiger partial charge in [0.15, 0.2) is 5.65 Å². The molecular formula is C5H3N4O. The van der Waals surface area contributed by atoms with E-state index in [0.717, 1.165) is 0 Å². The summed E-state index contributed by atoms with van der Waals surface area (Å²) in [6.45, 7) is 0. The summed E-state index contributed by atoms with van der Waals surface area (Å²) >= 11 is 0. The van der Waals surface area contributed by atoms with Crippen LogP contribution >= 0.6 is 0 Å². The molecule has 2 rings (SSSR count). The molecular weight excluding hydrogens is 132 g/mol. The van der Waals surface area contributed by atoms with Crippen molar-refractivity contribution in [3.8, 4) is 0 Å². The van der Waals surface area contributed by atoms with Crippen LogP contribution < -0.4 is 5.69 Å². The molecule has 0 amide bonds. The SMILES string of the molecule is O=c1[nH]c2[c]ncnc2[nH]1. The number of rotatable bonds is 0. The molecule has 0 spiro atoms. The summed E-state index contributed by atoms with van der Waals surface area (Å²) in [4.78, 5) is 22.9. The van der Waals surface area contributed by atoms with E-state index in [4.69, 9.17) is 0 Å². The number of H-pyrrole nitrogens is 2. The van der Waals surface area contributed by atoms with E-state index in [9.17, 15) is 4.79 Å². The number of fused-ring (bicyclic) bond motifs is 1. The van der Waals surface area contributed by atoms with Crippen LogP contribution in [0.25, 0.3) is 11.2 Å². The minimum Gasteiger partial charge on any atom is -0.302 e. The van der Waals surface area contributed by atoms with Crippen molar-refractivity contribution in [1.82, 2.24) is 19.9 Å². The second-order valence-electron chi connectivity index (χ2n) is 1.79. The zero-order valence-corrected chi connectivity index (χ0v) is 4.88. The van der Waals surface area contributed by atoms with E-state index < -0.39 is 0 Å². The smallest absolute Gasteiger partial charge is 0.302 e. The highest BCUT2D eigenvalue weighted by Crippen LogP contribution is 1.95. The molecule has 2 aromatic heterocycles. The van der Waals surface area contributed by atoms with Gasteiger partial charge in [0.05, 0.1) is 0 Å². The van der Waals surface area contributed by atoms with Gasteiger partial charge in [-0.15, -0.1) is 0 Å². The molecule has 0 aliphatic heterocycles. The van der Waals surface area contributed by atoms with Crippen LogP contribution in [0.4, 0.5) is 0 Å². The molecule has 0 fully saturated rings. The van der Waals surface area contributed by atoms with Gasteiger partial charge in [0.2, 0.25) is 0 Å². The Morgan fingerprint density at radius 3 is 3.20 bits per heavy atom. The predicted octanol–water partition coefficient (Wildman–Crippen LogP) is -0.554. The molecule has 10 heavy (non-hydrogen) atoms. The number of aromatic amines is 2. The second-order valence-corrected chi connectivity index (χ2v) is 1.79. The zero-order chi connectivity index (χ0) is 6.97. The van der Waals surface area contributed by atoms with Crippen LogP contribution in [0.3, 0.4) is 0 Å². The van der Waals surface area contributed by atoms with Crippen molar-refractivity contribution >= 4 is 11.2 Å². The van der Waals surface area contributed by atoms with Crippen LogP contribution in [0, 0.1) is 6.20 Å². The van der Waals surface area contributed by atoms with E-state index in [1.165, 1.54) is 6.33 Å². The second kappa shape index (κ2) is 1.66. The fraction of sp³-hybridized carbons (Fsp3) is 0. The lowest BCUT2D eigenvalue weighted by Crippen LogP contribution is -1.99. The van der Waals surface area contributed by atoms with E-state index in [0.29, 0.717) is 11.2 Å². The Bertz CT molecular complexity index is 365. The van der Waals surface area contributed by atoms with Crippen molar-refractivity contribution in [2.24, 2.45) is 0 Å². The lowest BCUT2D eigenvalue weighted by molar-refractivity contribution is 1.18. The average molecular weight is 135 g/mol. The summed E-state index contributed by atoms with van der Waals surface area (Å²) in [5, 5.41) is 0. The first-order valence-corrected chi connectivity index (χ1v) is 2.67. The van der Waals surface area contributed by atoms with Gasteiger partial charge in [-0.05, 0) is 0 Å². The summed E-state index contributed by atoms with van der Waals surface area (Å²) in [5.41, 5.74) is 0.708. The molecule has 0 bridgehead atoms. The van der Waals surface area contributed by atoms with Gasteiger partial charge < -0.3 is 4.98 Å². The van der Waals surface area contributed by atoms with Crippen LogP contribution in [0.2, 0.25) is 0 Å². The maximum Gasteiger partial charge on any atom is 0.325 e. The Kier molecular flexibility index (Phi) is 0.858. The van der Waals surface area contributed by atoms with E-state index >= 15 is 0 Å². The molecule has 0 atom stereocenters. The third kappa shape index (κ3) is 0.604. The van der Waals surface area contributed by atoms with Crippen LogP contribution in [0.15, 0.2) is 11.1 Å². The molecule has 49 valence electrons. The monoisotopic (exact) mass is 135 g/mol. The summed E-state index contributed by atoms with van der Waals surface area (Å²) in [5.74, 6) is 0. The van der Waals surface area contributed by atoms with E-state index in [2.05, 4.69) is 26.1 Å². The number of hydrogen-bond donors (Lipinski definition) is 2. The van der Waals surface area contributed by atoms with Crippen molar-refractivity contribution in [2.75, 3.05) is 0 Å². The van der Waals surface area contributed by atoms with Gasteiger partial charge in [0, 0.05) is 0 Å². The van der Waals surface area contributed by atoms with Crippen molar-refractivity contribution in [3.05, 3.63) is 23.0 Å². The number of nitrogens with one attached hydrogen (secondary N) is 2. The molecule has 2 heterocycles. The predicted molar refractivity (Wildman–Crippen MR) is 33.3 cm³/mol. The van der Waals surface area contributed by atoms with Crippen molar-refractivity contribution < 1.29 is 0 Å². The largest absolute Gasteiger partial charge is 0.325 e. The lowest BCUT2D eigenvalue weighted by Gasteiger charge is -1.79. The van der Waals surface area contributed by atoms with Crippen LogP contribution in [-0.2, 0) is 0 Å². The average Bonchev–Trinajstić information content (AvgIpc) is 2.27. The molecule has 2 N–H and O–H groups in total. The Hall–Kier alpha value is -1.65. The Morgan fingerprint density at radius 1 is 1.50 bits per heavy atom. The molecule has 5 heteroatoms. The number of nitrogens with zero attached hydrogens (tertiary/aromatic N) is 2. The summed E-state index contributed by atoms with van der Waals surface area (Å²) in [6.07, 6.45) is 3.90. The molecule has 0 saturated carbocycles. The summed E-state index contributed by atoms with van der Waals surface area (Å²) in [7, 11) is 0. The first kappa shape index (κ1) is 5.16. The summed E-state index contributed by atoms with van der Waals surface area (Å²) in [6, 6.07) is 0. The van der Waals surface area contributed by atoms with Gasteiger partial charge in [-0.3, -0.25) is 4.98 Å². The van der Waals surface area contributed by atoms with Gasteiger partial charge in [-0.2, -0.15) is 0 Å². The normalized spacial score (nSPS) is 10.4. The van der Waals surface area contributed by atoms with Crippen molar-refractivity contribution in [2.45, 2.75) is 0 Å². The van der Waals surface area contributed by atoms with E-state index in [1.807, 2.05) is 0 Å². The highest BCUT2D eigenvalue weighted by molar-refractivity contribution is 5.66. The highest BCUT2D eigenvalue weighted by atomic mass is 16.1. The van der Waals surface area contributed by atoms with Gasteiger partial charge in [-0.25, -0.2) is 14.8 Å². The van der Waals surface area contributed by atoms with Crippen molar-refractivity contribution in [3.63, 3.8) is 0 Å². The quantitative estimate of drug-likeness (QED) is 0.508. The zero-order valence-electron chi connectivity index (χ0n) is 4.88. The minimum atomic E-state index is -0.285. The van der Waals surface area contributed by atoms with E-state index in [-0.39, 0.29) is 5.69 Å². The third-order valence-corrected chi connectivity index (χ3v) is 1.13. The van der Waals surface area contributed by atoms with Crippen LogP contribution in [0.5, 0.6) is 0 Å². The topological polar surface area (TPSA) is 74.4 Å². The lowest BCUT2D eigenvalue weighted by atomic mass is 10.6. The molecule has 0 aliphatic rings. The van der Waals surface area contributed by atoms with Gasteiger partial charge in [0.25, 0.3) is 0 Å². The third-order valence-electron chi connectivity index (χ3n) is 1.13. The van der Waals surface area contributed by atoms with Gasteiger partial charge in [-0.1, -0.05) is 0 Å². The maximum atomic E-state index is 10.6. The fourth-order valence-electron chi connectivity index (χ4n) is 0.732.